The fourth-order valence-corrected chi connectivity index (χ4v) is 4.45. The van der Waals surface area contributed by atoms with Crippen molar-refractivity contribution >= 4 is 17.5 Å². The van der Waals surface area contributed by atoms with E-state index in [1.54, 1.807) is 39.5 Å². The molecule has 0 aromatic heterocycles. The minimum Gasteiger partial charge on any atom is -0.497 e. The summed E-state index contributed by atoms with van der Waals surface area (Å²) in [6, 6.07) is 18.9. The molecule has 0 radical (unpaired) electrons. The minimum atomic E-state index is -0.154. The molecule has 4 rings (SSSR count). The van der Waals surface area contributed by atoms with E-state index in [4.69, 9.17) is 25.8 Å². The maximum absolute atomic E-state index is 13.5. The Kier molecular flexibility index (Phi) is 6.56. The summed E-state index contributed by atoms with van der Waals surface area (Å²) in [7, 11) is 4.91. The zero-order valence-electron chi connectivity index (χ0n) is 18.4. The molecule has 5 nitrogen and oxygen atoms in total. The number of hydrogen-bond acceptors (Lipinski definition) is 4. The number of rotatable bonds is 6. The summed E-state index contributed by atoms with van der Waals surface area (Å²) in [5, 5.41) is 0.548. The number of hydrogen-bond donors (Lipinski definition) is 0. The molecule has 3 aromatic rings. The van der Waals surface area contributed by atoms with E-state index >= 15 is 0 Å². The number of ether oxygens (including phenoxy) is 3. The molecule has 0 bridgehead atoms. The third-order valence-electron chi connectivity index (χ3n) is 5.92. The zero-order chi connectivity index (χ0) is 22.7. The summed E-state index contributed by atoms with van der Waals surface area (Å²) in [6.45, 7) is 0.606. The predicted molar refractivity (Wildman–Crippen MR) is 125 cm³/mol. The largest absolute Gasteiger partial charge is 0.497 e. The summed E-state index contributed by atoms with van der Waals surface area (Å²) in [5.41, 5.74) is 3.93. The molecule has 1 unspecified atom stereocenters. The molecule has 0 saturated heterocycles. The van der Waals surface area contributed by atoms with E-state index in [0.29, 0.717) is 35.1 Å². The van der Waals surface area contributed by atoms with Crippen LogP contribution in [0.25, 0.3) is 0 Å². The monoisotopic (exact) mass is 451 g/mol. The highest BCUT2D eigenvalue weighted by Gasteiger charge is 2.33. The average molecular weight is 452 g/mol. The van der Waals surface area contributed by atoms with Gasteiger partial charge in [-0.25, -0.2) is 0 Å². The summed E-state index contributed by atoms with van der Waals surface area (Å²) < 4.78 is 16.4. The molecule has 0 N–H and O–H groups in total. The molecule has 6 heteroatoms. The van der Waals surface area contributed by atoms with E-state index in [1.807, 2.05) is 47.4 Å². The molecule has 166 valence electrons. The lowest BCUT2D eigenvalue weighted by molar-refractivity contribution is 0.0659. The Morgan fingerprint density at radius 3 is 2.34 bits per heavy atom. The van der Waals surface area contributed by atoms with Crippen molar-refractivity contribution in [3.05, 3.63) is 87.9 Å². The minimum absolute atomic E-state index is 0.0357. The third kappa shape index (κ3) is 4.39. The normalized spacial score (nSPS) is 15.1. The van der Waals surface area contributed by atoms with Crippen molar-refractivity contribution in [2.75, 3.05) is 27.9 Å². The number of amides is 1. The molecule has 0 saturated carbocycles. The Balaban J connectivity index is 1.76. The number of benzene rings is 3. The average Bonchev–Trinajstić information content (AvgIpc) is 2.83. The van der Waals surface area contributed by atoms with Gasteiger partial charge in [-0.1, -0.05) is 29.8 Å². The van der Waals surface area contributed by atoms with Crippen molar-refractivity contribution in [2.24, 2.45) is 0 Å². The second-order valence-electron chi connectivity index (χ2n) is 7.73. The van der Waals surface area contributed by atoms with Crippen LogP contribution in [0.2, 0.25) is 5.02 Å². The van der Waals surface area contributed by atoms with Crippen LogP contribution in [0, 0.1) is 0 Å². The molecule has 0 aliphatic carbocycles. The Bertz CT molecular complexity index is 1110. The van der Waals surface area contributed by atoms with Gasteiger partial charge in [-0.15, -0.1) is 0 Å². The number of carbonyl (C=O) groups excluding carboxylic acids is 1. The van der Waals surface area contributed by atoms with Gasteiger partial charge in [0.05, 0.1) is 27.4 Å². The summed E-state index contributed by atoms with van der Waals surface area (Å²) >= 11 is 6.16. The van der Waals surface area contributed by atoms with Crippen molar-refractivity contribution in [1.82, 2.24) is 4.90 Å². The molecule has 3 aromatic carbocycles. The topological polar surface area (TPSA) is 48.0 Å². The van der Waals surface area contributed by atoms with Crippen molar-refractivity contribution in [3.63, 3.8) is 0 Å². The summed E-state index contributed by atoms with van der Waals surface area (Å²) in [5.74, 6) is 2.12. The molecule has 1 atom stereocenters. The third-order valence-corrected chi connectivity index (χ3v) is 6.16. The molecule has 0 spiro atoms. The SMILES string of the molecule is COc1ccc(CC2c3cc(OC)c(OC)cc3CCN2C(=O)c2cccc(Cl)c2)cc1. The first-order valence-corrected chi connectivity index (χ1v) is 10.9. The quantitative estimate of drug-likeness (QED) is 0.507. The van der Waals surface area contributed by atoms with E-state index in [9.17, 15) is 4.79 Å². The molecule has 1 amide bonds. The van der Waals surface area contributed by atoms with E-state index in [2.05, 4.69) is 0 Å². The first-order chi connectivity index (χ1) is 15.5. The second kappa shape index (κ2) is 9.53. The Morgan fingerprint density at radius 1 is 0.969 bits per heavy atom. The molecular weight excluding hydrogens is 426 g/mol. The van der Waals surface area contributed by atoms with E-state index in [-0.39, 0.29) is 11.9 Å². The lowest BCUT2D eigenvalue weighted by Crippen LogP contribution is -2.41. The molecular formula is C26H26ClNO4. The zero-order valence-corrected chi connectivity index (χ0v) is 19.2. The molecule has 32 heavy (non-hydrogen) atoms. The fraction of sp³-hybridized carbons (Fsp3) is 0.269. The first kappa shape index (κ1) is 22.0. The molecule has 1 aliphatic heterocycles. The van der Waals surface area contributed by atoms with Gasteiger partial charge in [0, 0.05) is 17.1 Å². The Labute approximate surface area is 193 Å². The van der Waals surface area contributed by atoms with E-state index in [0.717, 1.165) is 28.9 Å². The highest BCUT2D eigenvalue weighted by molar-refractivity contribution is 6.30. The van der Waals surface area contributed by atoms with Gasteiger partial charge in [0.1, 0.15) is 5.75 Å². The van der Waals surface area contributed by atoms with Gasteiger partial charge in [0.25, 0.3) is 5.91 Å². The number of halogens is 1. The van der Waals surface area contributed by atoms with E-state index in [1.165, 1.54) is 0 Å². The summed E-state index contributed by atoms with van der Waals surface area (Å²) in [4.78, 5) is 15.5. The van der Waals surface area contributed by atoms with Crippen LogP contribution in [-0.2, 0) is 12.8 Å². The van der Waals surface area contributed by atoms with Crippen LogP contribution in [-0.4, -0.2) is 38.7 Å². The number of carbonyl (C=O) groups is 1. The molecule has 1 aliphatic rings. The number of fused-ring (bicyclic) bond motifs is 1. The smallest absolute Gasteiger partial charge is 0.254 e. The van der Waals surface area contributed by atoms with Gasteiger partial charge >= 0.3 is 0 Å². The molecule has 1 heterocycles. The Hall–Kier alpha value is -3.18. The van der Waals surface area contributed by atoms with Crippen molar-refractivity contribution in [2.45, 2.75) is 18.9 Å². The molecule has 0 fully saturated rings. The number of methoxy groups -OCH3 is 3. The van der Waals surface area contributed by atoms with Crippen LogP contribution in [0.1, 0.15) is 33.1 Å². The Morgan fingerprint density at radius 2 is 1.69 bits per heavy atom. The number of nitrogens with zero attached hydrogens (tertiary/aromatic N) is 1. The highest BCUT2D eigenvalue weighted by Crippen LogP contribution is 2.40. The van der Waals surface area contributed by atoms with Crippen LogP contribution >= 0.6 is 11.6 Å². The highest BCUT2D eigenvalue weighted by atomic mass is 35.5. The standard InChI is InChI=1S/C26H26ClNO4/c1-30-21-9-7-17(8-10-21)13-23-22-16-25(32-3)24(31-2)15-18(22)11-12-28(23)26(29)19-5-4-6-20(27)14-19/h4-10,14-16,23H,11-13H2,1-3H3. The van der Waals surface area contributed by atoms with Crippen LogP contribution in [0.15, 0.2) is 60.7 Å². The van der Waals surface area contributed by atoms with E-state index < -0.39 is 0 Å². The lowest BCUT2D eigenvalue weighted by atomic mass is 9.87. The second-order valence-corrected chi connectivity index (χ2v) is 8.17. The van der Waals surface area contributed by atoms with Crippen molar-refractivity contribution in [3.8, 4) is 17.2 Å². The van der Waals surface area contributed by atoms with Gasteiger partial charge in [-0.05, 0) is 72.0 Å². The maximum atomic E-state index is 13.5. The van der Waals surface area contributed by atoms with Gasteiger partial charge in [0.2, 0.25) is 0 Å². The predicted octanol–water partition coefficient (Wildman–Crippen LogP) is 5.35. The van der Waals surface area contributed by atoms with Crippen molar-refractivity contribution < 1.29 is 19.0 Å². The van der Waals surface area contributed by atoms with Gasteiger partial charge in [-0.3, -0.25) is 4.79 Å². The summed E-state index contributed by atoms with van der Waals surface area (Å²) in [6.07, 6.45) is 1.40. The van der Waals surface area contributed by atoms with Crippen LogP contribution in [0.4, 0.5) is 0 Å². The van der Waals surface area contributed by atoms with Gasteiger partial charge < -0.3 is 19.1 Å². The fourth-order valence-electron chi connectivity index (χ4n) is 4.26. The lowest BCUT2D eigenvalue weighted by Gasteiger charge is -2.38. The van der Waals surface area contributed by atoms with Crippen LogP contribution in [0.5, 0.6) is 17.2 Å². The first-order valence-electron chi connectivity index (χ1n) is 10.5. The van der Waals surface area contributed by atoms with Gasteiger partial charge in [0.15, 0.2) is 11.5 Å². The van der Waals surface area contributed by atoms with Crippen LogP contribution in [0.3, 0.4) is 0 Å². The van der Waals surface area contributed by atoms with Crippen LogP contribution < -0.4 is 14.2 Å². The maximum Gasteiger partial charge on any atom is 0.254 e. The van der Waals surface area contributed by atoms with Gasteiger partial charge in [-0.2, -0.15) is 0 Å². The van der Waals surface area contributed by atoms with Crippen molar-refractivity contribution in [1.29, 1.82) is 0 Å².